The van der Waals surface area contributed by atoms with Gasteiger partial charge in [-0.1, -0.05) is 31.2 Å². The number of aromatic nitrogens is 1. The van der Waals surface area contributed by atoms with Crippen LogP contribution >= 0.6 is 35.3 Å². The molecular formula is C22H27IN4O2S. The maximum Gasteiger partial charge on any atom is 0.224 e. The van der Waals surface area contributed by atoms with Crippen molar-refractivity contribution in [3.05, 3.63) is 70.5 Å². The van der Waals surface area contributed by atoms with Gasteiger partial charge in [-0.05, 0) is 36.1 Å². The van der Waals surface area contributed by atoms with Crippen molar-refractivity contribution < 1.29 is 9.47 Å². The Hall–Kier alpha value is -2.33. The lowest BCUT2D eigenvalue weighted by atomic mass is 10.2. The van der Waals surface area contributed by atoms with Gasteiger partial charge in [-0.25, -0.2) is 4.98 Å². The van der Waals surface area contributed by atoms with Crippen LogP contribution in [0.25, 0.3) is 0 Å². The van der Waals surface area contributed by atoms with Gasteiger partial charge < -0.3 is 20.1 Å². The van der Waals surface area contributed by atoms with Crippen molar-refractivity contribution in [3.8, 4) is 17.4 Å². The number of nitrogens with zero attached hydrogens (tertiary/aromatic N) is 2. The Bertz CT molecular complexity index is 919. The molecule has 0 unspecified atom stereocenters. The second kappa shape index (κ2) is 13.1. The van der Waals surface area contributed by atoms with Gasteiger partial charge in [0.2, 0.25) is 5.88 Å². The van der Waals surface area contributed by atoms with Gasteiger partial charge in [0.25, 0.3) is 0 Å². The molecule has 2 N–H and O–H groups in total. The number of thiophene rings is 1. The van der Waals surface area contributed by atoms with Crippen LogP contribution in [0.2, 0.25) is 0 Å². The number of nitrogens with one attached hydrogen (secondary N) is 2. The van der Waals surface area contributed by atoms with Crippen LogP contribution in [0.4, 0.5) is 0 Å². The summed E-state index contributed by atoms with van der Waals surface area (Å²) in [6, 6.07) is 15.7. The van der Waals surface area contributed by atoms with Crippen LogP contribution in [0.15, 0.2) is 65.1 Å². The fourth-order valence-corrected chi connectivity index (χ4v) is 3.25. The summed E-state index contributed by atoms with van der Waals surface area (Å²) in [5.41, 5.74) is 0.928. The zero-order valence-corrected chi connectivity index (χ0v) is 20.3. The second-order valence-electron chi connectivity index (χ2n) is 6.22. The summed E-state index contributed by atoms with van der Waals surface area (Å²) < 4.78 is 11.9. The van der Waals surface area contributed by atoms with Gasteiger partial charge in [0.05, 0.1) is 13.2 Å². The van der Waals surface area contributed by atoms with Crippen molar-refractivity contribution in [1.29, 1.82) is 0 Å². The average Bonchev–Trinajstić information content (AvgIpc) is 3.28. The summed E-state index contributed by atoms with van der Waals surface area (Å²) in [7, 11) is 1.76. The zero-order chi connectivity index (χ0) is 20.3. The molecule has 0 aliphatic heterocycles. The lowest BCUT2D eigenvalue weighted by Crippen LogP contribution is -2.36. The van der Waals surface area contributed by atoms with E-state index in [0.29, 0.717) is 30.5 Å². The molecule has 3 aromatic rings. The first-order valence-electron chi connectivity index (χ1n) is 9.60. The topological polar surface area (TPSA) is 67.8 Å². The number of hydrogen-bond acceptors (Lipinski definition) is 5. The molecule has 3 rings (SSSR count). The lowest BCUT2D eigenvalue weighted by Gasteiger charge is -2.15. The second-order valence-corrected chi connectivity index (χ2v) is 7.26. The van der Waals surface area contributed by atoms with Crippen LogP contribution in [0.5, 0.6) is 17.4 Å². The first-order valence-corrected chi connectivity index (χ1v) is 10.5. The van der Waals surface area contributed by atoms with Crippen LogP contribution in [-0.2, 0) is 13.1 Å². The van der Waals surface area contributed by atoms with E-state index in [2.05, 4.69) is 39.0 Å². The van der Waals surface area contributed by atoms with E-state index in [4.69, 9.17) is 9.47 Å². The highest BCUT2D eigenvalue weighted by Gasteiger charge is 2.11. The molecule has 0 atom stereocenters. The van der Waals surface area contributed by atoms with Crippen molar-refractivity contribution in [2.75, 3.05) is 13.7 Å². The highest BCUT2D eigenvalue weighted by molar-refractivity contribution is 14.0. The Balaban J connectivity index is 0.00000320. The van der Waals surface area contributed by atoms with Crippen molar-refractivity contribution in [2.24, 2.45) is 4.99 Å². The minimum absolute atomic E-state index is 0. The van der Waals surface area contributed by atoms with Crippen LogP contribution in [-0.4, -0.2) is 24.6 Å². The summed E-state index contributed by atoms with van der Waals surface area (Å²) in [5.74, 6) is 2.63. The first kappa shape index (κ1) is 23.9. The average molecular weight is 538 g/mol. The van der Waals surface area contributed by atoms with Crippen molar-refractivity contribution in [2.45, 2.75) is 26.4 Å². The molecule has 0 saturated heterocycles. The number of benzene rings is 1. The molecule has 6 nitrogen and oxygen atoms in total. The maximum absolute atomic E-state index is 6.09. The third-order valence-electron chi connectivity index (χ3n) is 4.05. The lowest BCUT2D eigenvalue weighted by molar-refractivity contribution is 0.300. The van der Waals surface area contributed by atoms with E-state index >= 15 is 0 Å². The Labute approximate surface area is 198 Å². The van der Waals surface area contributed by atoms with E-state index in [9.17, 15) is 0 Å². The smallest absolute Gasteiger partial charge is 0.224 e. The van der Waals surface area contributed by atoms with Gasteiger partial charge >= 0.3 is 0 Å². The predicted molar refractivity (Wildman–Crippen MR) is 133 cm³/mol. The standard InChI is InChI=1S/C22H26N4O2S.HI/c1-3-13-27-19-10-4-5-11-20(19)28-21-17(8-6-12-24-21)15-25-22(23-2)26-16-18-9-7-14-29-18;/h4-12,14H,3,13,15-16H2,1-2H3,(H2,23,25,26);1H. The minimum Gasteiger partial charge on any atom is -0.490 e. The van der Waals surface area contributed by atoms with Crippen LogP contribution in [0.1, 0.15) is 23.8 Å². The molecule has 2 aromatic heterocycles. The Kier molecular flexibility index (Phi) is 10.4. The molecule has 8 heteroatoms. The van der Waals surface area contributed by atoms with Gasteiger partial charge in [0.1, 0.15) is 0 Å². The van der Waals surface area contributed by atoms with E-state index in [1.165, 1.54) is 4.88 Å². The molecule has 0 fully saturated rings. The third kappa shape index (κ3) is 7.17. The van der Waals surface area contributed by atoms with Crippen LogP contribution in [0, 0.1) is 0 Å². The number of pyridine rings is 1. The molecule has 30 heavy (non-hydrogen) atoms. The summed E-state index contributed by atoms with van der Waals surface area (Å²) >= 11 is 1.71. The molecular weight excluding hydrogens is 511 g/mol. The molecule has 0 saturated carbocycles. The van der Waals surface area contributed by atoms with E-state index in [0.717, 1.165) is 24.5 Å². The van der Waals surface area contributed by atoms with Crippen molar-refractivity contribution in [3.63, 3.8) is 0 Å². The minimum atomic E-state index is 0. The Morgan fingerprint density at radius 2 is 1.83 bits per heavy atom. The van der Waals surface area contributed by atoms with Crippen LogP contribution < -0.4 is 20.1 Å². The van der Waals surface area contributed by atoms with E-state index < -0.39 is 0 Å². The number of halogens is 1. The van der Waals surface area contributed by atoms with Crippen molar-refractivity contribution in [1.82, 2.24) is 15.6 Å². The highest BCUT2D eigenvalue weighted by Crippen LogP contribution is 2.31. The molecule has 0 spiro atoms. The fraction of sp³-hybridized carbons (Fsp3) is 0.273. The summed E-state index contributed by atoms with van der Waals surface area (Å²) in [6.45, 7) is 3.98. The normalized spacial score (nSPS) is 10.8. The Morgan fingerprint density at radius 3 is 2.57 bits per heavy atom. The van der Waals surface area contributed by atoms with Gasteiger partial charge in [0.15, 0.2) is 17.5 Å². The third-order valence-corrected chi connectivity index (χ3v) is 4.92. The van der Waals surface area contributed by atoms with Crippen molar-refractivity contribution >= 4 is 41.3 Å². The van der Waals surface area contributed by atoms with Gasteiger partial charge in [0, 0.05) is 30.2 Å². The molecule has 1 aromatic carbocycles. The fourth-order valence-electron chi connectivity index (χ4n) is 2.60. The van der Waals surface area contributed by atoms with E-state index in [1.807, 2.05) is 42.5 Å². The largest absolute Gasteiger partial charge is 0.490 e. The number of guanidine groups is 1. The molecule has 0 aliphatic rings. The molecule has 0 aliphatic carbocycles. The quantitative estimate of drug-likeness (QED) is 0.223. The van der Waals surface area contributed by atoms with Gasteiger partial charge in [-0.2, -0.15) is 0 Å². The van der Waals surface area contributed by atoms with Gasteiger partial charge in [-0.15, -0.1) is 35.3 Å². The number of ether oxygens (including phenoxy) is 2. The number of hydrogen-bond donors (Lipinski definition) is 2. The number of para-hydroxylation sites is 2. The zero-order valence-electron chi connectivity index (χ0n) is 17.1. The highest BCUT2D eigenvalue weighted by atomic mass is 127. The number of rotatable bonds is 9. The first-order chi connectivity index (χ1) is 14.3. The summed E-state index contributed by atoms with van der Waals surface area (Å²) in [4.78, 5) is 9.94. The Morgan fingerprint density at radius 1 is 1.03 bits per heavy atom. The SMILES string of the molecule is CCCOc1ccccc1Oc1ncccc1CNC(=NC)NCc1cccs1.I. The monoisotopic (exact) mass is 538 g/mol. The summed E-state index contributed by atoms with van der Waals surface area (Å²) in [6.07, 6.45) is 2.66. The molecule has 160 valence electrons. The van der Waals surface area contributed by atoms with E-state index in [-0.39, 0.29) is 24.0 Å². The van der Waals surface area contributed by atoms with Gasteiger partial charge in [-0.3, -0.25) is 4.99 Å². The molecule has 0 amide bonds. The molecule has 2 heterocycles. The van der Waals surface area contributed by atoms with Crippen LogP contribution in [0.3, 0.4) is 0 Å². The van der Waals surface area contributed by atoms with E-state index in [1.54, 1.807) is 24.6 Å². The molecule has 0 radical (unpaired) electrons. The molecule has 0 bridgehead atoms. The maximum atomic E-state index is 6.09. The number of aliphatic imine (C=N–C) groups is 1. The predicted octanol–water partition coefficient (Wildman–Crippen LogP) is 5.21. The summed E-state index contributed by atoms with van der Waals surface area (Å²) in [5, 5.41) is 8.69.